The maximum absolute atomic E-state index is 12.6. The third-order valence-corrected chi connectivity index (χ3v) is 2.42. The van der Waals surface area contributed by atoms with Crippen LogP contribution in [0.5, 0.6) is 5.75 Å². The SMILES string of the molecule is N#CCc1c(CBr)ncc(O)c1C(F)F. The van der Waals surface area contributed by atoms with Gasteiger partial charge in [-0.15, -0.1) is 0 Å². The van der Waals surface area contributed by atoms with E-state index < -0.39 is 17.7 Å². The van der Waals surface area contributed by atoms with Gasteiger partial charge in [0, 0.05) is 10.9 Å². The number of rotatable bonds is 3. The molecule has 0 spiro atoms. The zero-order valence-corrected chi connectivity index (χ0v) is 9.13. The van der Waals surface area contributed by atoms with Crippen LogP contribution in [0.25, 0.3) is 0 Å². The first-order valence-electron chi connectivity index (χ1n) is 4.02. The van der Waals surface area contributed by atoms with Crippen molar-refractivity contribution < 1.29 is 13.9 Å². The molecule has 0 aliphatic heterocycles. The molecule has 1 rings (SSSR count). The van der Waals surface area contributed by atoms with Gasteiger partial charge in [-0.1, -0.05) is 15.9 Å². The Balaban J connectivity index is 3.38. The fourth-order valence-electron chi connectivity index (χ4n) is 1.23. The molecule has 0 saturated carbocycles. The Kier molecular flexibility index (Phi) is 3.97. The molecule has 3 nitrogen and oxygen atoms in total. The van der Waals surface area contributed by atoms with E-state index in [-0.39, 0.29) is 17.3 Å². The molecule has 0 saturated heterocycles. The molecule has 0 aliphatic rings. The van der Waals surface area contributed by atoms with Crippen LogP contribution in [-0.4, -0.2) is 10.1 Å². The average Bonchev–Trinajstić information content (AvgIpc) is 2.18. The Morgan fingerprint density at radius 2 is 2.27 bits per heavy atom. The van der Waals surface area contributed by atoms with Crippen molar-refractivity contribution in [3.8, 4) is 11.8 Å². The van der Waals surface area contributed by atoms with Gasteiger partial charge in [0.2, 0.25) is 0 Å². The molecule has 1 aromatic rings. The lowest BCUT2D eigenvalue weighted by atomic mass is 10.0. The van der Waals surface area contributed by atoms with Crippen LogP contribution in [-0.2, 0) is 11.8 Å². The van der Waals surface area contributed by atoms with Crippen LogP contribution in [0, 0.1) is 11.3 Å². The van der Waals surface area contributed by atoms with Crippen molar-refractivity contribution in [3.05, 3.63) is 23.0 Å². The molecule has 0 bridgehead atoms. The predicted molar refractivity (Wildman–Crippen MR) is 52.8 cm³/mol. The summed E-state index contributed by atoms with van der Waals surface area (Å²) in [5, 5.41) is 18.0. The van der Waals surface area contributed by atoms with Crippen LogP contribution >= 0.6 is 15.9 Å². The summed E-state index contributed by atoms with van der Waals surface area (Å²) in [5.74, 6) is -0.569. The molecular formula is C9H7BrF2N2O. The molecule has 0 aliphatic carbocycles. The van der Waals surface area contributed by atoms with Crippen molar-refractivity contribution in [1.29, 1.82) is 5.26 Å². The number of hydrogen-bond donors (Lipinski definition) is 1. The number of aromatic hydroxyl groups is 1. The third-order valence-electron chi connectivity index (χ3n) is 1.89. The summed E-state index contributed by atoms with van der Waals surface area (Å²) in [4.78, 5) is 3.78. The van der Waals surface area contributed by atoms with Crippen LogP contribution in [0.2, 0.25) is 0 Å². The Morgan fingerprint density at radius 3 is 2.73 bits per heavy atom. The fourth-order valence-corrected chi connectivity index (χ4v) is 1.71. The van der Waals surface area contributed by atoms with Gasteiger partial charge in [-0.3, -0.25) is 4.98 Å². The lowest BCUT2D eigenvalue weighted by Crippen LogP contribution is -2.02. The summed E-state index contributed by atoms with van der Waals surface area (Å²) in [6.07, 6.45) is -2.03. The standard InChI is InChI=1S/C9H7BrF2N2O/c10-3-6-5(1-2-13)8(9(11)12)7(15)4-14-6/h4,9,15H,1,3H2. The first-order chi connectivity index (χ1) is 7.11. The quantitative estimate of drug-likeness (QED) is 0.864. The van der Waals surface area contributed by atoms with Crippen molar-refractivity contribution in [3.63, 3.8) is 0 Å². The number of hydrogen-bond acceptors (Lipinski definition) is 3. The second-order valence-electron chi connectivity index (χ2n) is 2.75. The zero-order chi connectivity index (χ0) is 11.4. The highest BCUT2D eigenvalue weighted by molar-refractivity contribution is 9.08. The highest BCUT2D eigenvalue weighted by Crippen LogP contribution is 2.33. The van der Waals surface area contributed by atoms with E-state index in [0.717, 1.165) is 6.20 Å². The van der Waals surface area contributed by atoms with E-state index in [9.17, 15) is 13.9 Å². The van der Waals surface area contributed by atoms with Crippen molar-refractivity contribution in [1.82, 2.24) is 4.98 Å². The van der Waals surface area contributed by atoms with Gasteiger partial charge < -0.3 is 5.11 Å². The maximum atomic E-state index is 12.6. The Hall–Kier alpha value is -1.22. The number of halogens is 3. The van der Waals surface area contributed by atoms with Crippen LogP contribution in [0.3, 0.4) is 0 Å². The van der Waals surface area contributed by atoms with Crippen molar-refractivity contribution in [2.75, 3.05) is 0 Å². The molecule has 6 heteroatoms. The van der Waals surface area contributed by atoms with Crippen molar-refractivity contribution in [2.24, 2.45) is 0 Å². The van der Waals surface area contributed by atoms with Gasteiger partial charge in [0.05, 0.1) is 29.9 Å². The van der Waals surface area contributed by atoms with Gasteiger partial charge in [0.1, 0.15) is 5.75 Å². The molecule has 0 atom stereocenters. The topological polar surface area (TPSA) is 56.9 Å². The lowest BCUT2D eigenvalue weighted by molar-refractivity contribution is 0.146. The molecule has 80 valence electrons. The molecular weight excluding hydrogens is 270 g/mol. The lowest BCUT2D eigenvalue weighted by Gasteiger charge is -2.11. The van der Waals surface area contributed by atoms with Crippen molar-refractivity contribution >= 4 is 15.9 Å². The summed E-state index contributed by atoms with van der Waals surface area (Å²) in [5.41, 5.74) is -0.0463. The van der Waals surface area contributed by atoms with E-state index >= 15 is 0 Å². The van der Waals surface area contributed by atoms with Gasteiger partial charge in [-0.05, 0) is 0 Å². The van der Waals surface area contributed by atoms with Gasteiger partial charge in [0.15, 0.2) is 0 Å². The zero-order valence-electron chi connectivity index (χ0n) is 7.54. The first kappa shape index (κ1) is 11.9. The molecule has 0 fully saturated rings. The van der Waals surface area contributed by atoms with E-state index in [4.69, 9.17) is 5.26 Å². The summed E-state index contributed by atoms with van der Waals surface area (Å²) in [7, 11) is 0. The van der Waals surface area contributed by atoms with E-state index in [0.29, 0.717) is 5.69 Å². The summed E-state index contributed by atoms with van der Waals surface area (Å²) in [6.45, 7) is 0. The highest BCUT2D eigenvalue weighted by atomic mass is 79.9. The number of pyridine rings is 1. The van der Waals surface area contributed by atoms with Gasteiger partial charge in [0.25, 0.3) is 6.43 Å². The Morgan fingerprint density at radius 1 is 1.60 bits per heavy atom. The number of nitrogens with zero attached hydrogens (tertiary/aromatic N) is 2. The summed E-state index contributed by atoms with van der Waals surface area (Å²) >= 11 is 3.09. The average molecular weight is 277 g/mol. The molecule has 0 amide bonds. The minimum atomic E-state index is -2.81. The summed E-state index contributed by atoms with van der Waals surface area (Å²) < 4.78 is 25.2. The second-order valence-corrected chi connectivity index (χ2v) is 3.31. The van der Waals surface area contributed by atoms with Crippen LogP contribution in [0.1, 0.15) is 23.2 Å². The van der Waals surface area contributed by atoms with Gasteiger partial charge in [-0.2, -0.15) is 5.26 Å². The number of nitriles is 1. The van der Waals surface area contributed by atoms with Crippen molar-refractivity contribution in [2.45, 2.75) is 18.2 Å². The van der Waals surface area contributed by atoms with Gasteiger partial charge >= 0.3 is 0 Å². The van der Waals surface area contributed by atoms with E-state index in [1.807, 2.05) is 0 Å². The smallest absolute Gasteiger partial charge is 0.267 e. The van der Waals surface area contributed by atoms with Crippen LogP contribution < -0.4 is 0 Å². The highest BCUT2D eigenvalue weighted by Gasteiger charge is 2.21. The number of alkyl halides is 3. The fraction of sp³-hybridized carbons (Fsp3) is 0.333. The van der Waals surface area contributed by atoms with Crippen LogP contribution in [0.4, 0.5) is 8.78 Å². The molecule has 1 aromatic heterocycles. The minimum absolute atomic E-state index is 0.101. The van der Waals surface area contributed by atoms with E-state index in [2.05, 4.69) is 20.9 Å². The summed E-state index contributed by atoms with van der Waals surface area (Å²) in [6, 6.07) is 1.78. The molecule has 0 aromatic carbocycles. The third kappa shape index (κ3) is 2.42. The minimum Gasteiger partial charge on any atom is -0.506 e. The van der Waals surface area contributed by atoms with E-state index in [1.165, 1.54) is 0 Å². The Bertz CT molecular complexity index is 404. The van der Waals surface area contributed by atoms with Crippen LogP contribution in [0.15, 0.2) is 6.20 Å². The van der Waals surface area contributed by atoms with Gasteiger partial charge in [-0.25, -0.2) is 8.78 Å². The monoisotopic (exact) mass is 276 g/mol. The first-order valence-corrected chi connectivity index (χ1v) is 5.14. The largest absolute Gasteiger partial charge is 0.506 e. The molecule has 1 heterocycles. The maximum Gasteiger partial charge on any atom is 0.267 e. The molecule has 1 N–H and O–H groups in total. The molecule has 15 heavy (non-hydrogen) atoms. The molecule has 0 unspecified atom stereocenters. The normalized spacial score (nSPS) is 10.3. The predicted octanol–water partition coefficient (Wildman–Crippen LogP) is 2.69. The Labute approximate surface area is 93.5 Å². The second kappa shape index (κ2) is 5.03. The van der Waals surface area contributed by atoms with E-state index in [1.54, 1.807) is 6.07 Å². The molecule has 0 radical (unpaired) electrons. The number of aromatic nitrogens is 1.